The van der Waals surface area contributed by atoms with Crippen LogP contribution < -0.4 is 4.74 Å². The van der Waals surface area contributed by atoms with Crippen molar-refractivity contribution in [1.82, 2.24) is 0 Å². The number of halogens is 2. The molecule has 2 rings (SSSR count). The van der Waals surface area contributed by atoms with E-state index in [-0.39, 0.29) is 11.6 Å². The minimum absolute atomic E-state index is 0.189. The van der Waals surface area contributed by atoms with Crippen LogP contribution in [0.15, 0.2) is 34.8 Å². The number of carbonyl (C=O) groups is 1. The standard InChI is InChI=1S/C16H14BrFO2/c1-9-6-10(2)15(14(7-9)20-3)16(19)12-5-4-11(18)8-13(12)17/h4-8H,1-3H3. The van der Waals surface area contributed by atoms with Crippen molar-refractivity contribution >= 4 is 21.7 Å². The van der Waals surface area contributed by atoms with E-state index in [1.54, 1.807) is 0 Å². The number of ether oxygens (including phenoxy) is 1. The highest BCUT2D eigenvalue weighted by atomic mass is 79.9. The maximum atomic E-state index is 13.1. The molecule has 0 aliphatic rings. The average molecular weight is 337 g/mol. The number of carbonyl (C=O) groups excluding carboxylic acids is 1. The van der Waals surface area contributed by atoms with E-state index < -0.39 is 0 Å². The Morgan fingerprint density at radius 1 is 1.20 bits per heavy atom. The highest BCUT2D eigenvalue weighted by molar-refractivity contribution is 9.10. The summed E-state index contributed by atoms with van der Waals surface area (Å²) in [7, 11) is 1.53. The van der Waals surface area contributed by atoms with Crippen molar-refractivity contribution in [3.8, 4) is 5.75 Å². The Labute approximate surface area is 125 Å². The molecule has 2 aromatic rings. The molecule has 0 aliphatic heterocycles. The minimum Gasteiger partial charge on any atom is -0.496 e. The minimum atomic E-state index is -0.388. The van der Waals surface area contributed by atoms with Gasteiger partial charge in [0.15, 0.2) is 5.78 Å². The number of hydrogen-bond acceptors (Lipinski definition) is 2. The maximum absolute atomic E-state index is 13.1. The summed E-state index contributed by atoms with van der Waals surface area (Å²) in [6.45, 7) is 3.80. The fourth-order valence-electron chi connectivity index (χ4n) is 2.19. The second kappa shape index (κ2) is 5.75. The topological polar surface area (TPSA) is 26.3 Å². The lowest BCUT2D eigenvalue weighted by atomic mass is 9.96. The Balaban J connectivity index is 2.59. The molecule has 0 fully saturated rings. The first-order chi connectivity index (χ1) is 9.43. The van der Waals surface area contributed by atoms with Crippen LogP contribution in [0.5, 0.6) is 5.75 Å². The first kappa shape index (κ1) is 14.7. The van der Waals surface area contributed by atoms with Crippen LogP contribution >= 0.6 is 15.9 Å². The van der Waals surface area contributed by atoms with E-state index in [1.165, 1.54) is 25.3 Å². The third-order valence-corrected chi connectivity index (χ3v) is 3.72. The summed E-state index contributed by atoms with van der Waals surface area (Å²) in [4.78, 5) is 12.7. The van der Waals surface area contributed by atoms with Crippen LogP contribution in [0.25, 0.3) is 0 Å². The highest BCUT2D eigenvalue weighted by Crippen LogP contribution is 2.29. The van der Waals surface area contributed by atoms with E-state index in [9.17, 15) is 9.18 Å². The molecule has 0 aromatic heterocycles. The van der Waals surface area contributed by atoms with Gasteiger partial charge < -0.3 is 4.74 Å². The third-order valence-electron chi connectivity index (χ3n) is 3.07. The molecule has 0 radical (unpaired) electrons. The van der Waals surface area contributed by atoms with Gasteiger partial charge in [0.1, 0.15) is 11.6 Å². The lowest BCUT2D eigenvalue weighted by Gasteiger charge is -2.13. The van der Waals surface area contributed by atoms with Crippen molar-refractivity contribution in [2.75, 3.05) is 7.11 Å². The summed E-state index contributed by atoms with van der Waals surface area (Å²) in [5.41, 5.74) is 2.78. The van der Waals surface area contributed by atoms with Gasteiger partial charge in [-0.15, -0.1) is 0 Å². The van der Waals surface area contributed by atoms with Gasteiger partial charge in [-0.05, 0) is 65.2 Å². The molecule has 104 valence electrons. The summed E-state index contributed by atoms with van der Waals surface area (Å²) in [6, 6.07) is 7.77. The molecule has 0 N–H and O–H groups in total. The van der Waals surface area contributed by atoms with Crippen molar-refractivity contribution in [3.05, 3.63) is 62.9 Å². The Hall–Kier alpha value is -1.68. The largest absolute Gasteiger partial charge is 0.496 e. The first-order valence-corrected chi connectivity index (χ1v) is 6.88. The summed E-state index contributed by atoms with van der Waals surface area (Å²) >= 11 is 3.23. The van der Waals surface area contributed by atoms with E-state index in [0.29, 0.717) is 21.3 Å². The van der Waals surface area contributed by atoms with Crippen molar-refractivity contribution in [2.45, 2.75) is 13.8 Å². The van der Waals surface area contributed by atoms with Crippen LogP contribution in [0.4, 0.5) is 4.39 Å². The van der Waals surface area contributed by atoms with Gasteiger partial charge in [0.2, 0.25) is 0 Å². The molecule has 0 atom stereocenters. The number of methoxy groups -OCH3 is 1. The number of ketones is 1. The van der Waals surface area contributed by atoms with Crippen molar-refractivity contribution in [3.63, 3.8) is 0 Å². The van der Waals surface area contributed by atoms with Crippen LogP contribution in [0.2, 0.25) is 0 Å². The summed E-state index contributed by atoms with van der Waals surface area (Å²) in [5, 5.41) is 0. The summed E-state index contributed by atoms with van der Waals surface area (Å²) in [6.07, 6.45) is 0. The first-order valence-electron chi connectivity index (χ1n) is 6.09. The Kier molecular flexibility index (Phi) is 4.23. The van der Waals surface area contributed by atoms with Crippen LogP contribution in [0.1, 0.15) is 27.0 Å². The highest BCUT2D eigenvalue weighted by Gasteiger charge is 2.20. The quantitative estimate of drug-likeness (QED) is 0.774. The average Bonchev–Trinajstić information content (AvgIpc) is 2.37. The Bertz CT molecular complexity index is 680. The molecular weight excluding hydrogens is 323 g/mol. The van der Waals surface area contributed by atoms with E-state index in [4.69, 9.17) is 4.74 Å². The molecule has 0 saturated carbocycles. The van der Waals surface area contributed by atoms with Crippen molar-refractivity contribution < 1.29 is 13.9 Å². The lowest BCUT2D eigenvalue weighted by Crippen LogP contribution is -2.08. The van der Waals surface area contributed by atoms with E-state index in [0.717, 1.165) is 11.1 Å². The van der Waals surface area contributed by atoms with Gasteiger partial charge in [0.25, 0.3) is 0 Å². The van der Waals surface area contributed by atoms with Crippen LogP contribution in [0.3, 0.4) is 0 Å². The fourth-order valence-corrected chi connectivity index (χ4v) is 2.72. The van der Waals surface area contributed by atoms with Gasteiger partial charge in [-0.3, -0.25) is 4.79 Å². The smallest absolute Gasteiger partial charge is 0.198 e. The predicted molar refractivity (Wildman–Crippen MR) is 80.0 cm³/mol. The predicted octanol–water partition coefficient (Wildman–Crippen LogP) is 4.44. The normalized spacial score (nSPS) is 10.4. The van der Waals surface area contributed by atoms with E-state index in [1.807, 2.05) is 26.0 Å². The molecule has 2 nitrogen and oxygen atoms in total. The number of benzene rings is 2. The van der Waals surface area contributed by atoms with Crippen molar-refractivity contribution in [1.29, 1.82) is 0 Å². The molecule has 0 heterocycles. The molecule has 0 unspecified atom stereocenters. The third kappa shape index (κ3) is 2.75. The zero-order valence-corrected chi connectivity index (χ0v) is 13.0. The Morgan fingerprint density at radius 3 is 2.50 bits per heavy atom. The second-order valence-electron chi connectivity index (χ2n) is 4.61. The van der Waals surface area contributed by atoms with Gasteiger partial charge in [-0.25, -0.2) is 4.39 Å². The Morgan fingerprint density at radius 2 is 1.90 bits per heavy atom. The maximum Gasteiger partial charge on any atom is 0.198 e. The SMILES string of the molecule is COc1cc(C)cc(C)c1C(=O)c1ccc(F)cc1Br. The summed E-state index contributed by atoms with van der Waals surface area (Å²) in [5.74, 6) is -0.0454. The fraction of sp³-hybridized carbons (Fsp3) is 0.188. The zero-order chi connectivity index (χ0) is 14.9. The molecular formula is C16H14BrFO2. The zero-order valence-electron chi connectivity index (χ0n) is 11.5. The van der Waals surface area contributed by atoms with Crippen LogP contribution in [-0.2, 0) is 0 Å². The molecule has 0 amide bonds. The number of rotatable bonds is 3. The second-order valence-corrected chi connectivity index (χ2v) is 5.47. The molecule has 2 aromatic carbocycles. The van der Waals surface area contributed by atoms with Gasteiger partial charge in [-0.2, -0.15) is 0 Å². The van der Waals surface area contributed by atoms with Crippen LogP contribution in [0, 0.1) is 19.7 Å². The molecule has 20 heavy (non-hydrogen) atoms. The van der Waals surface area contributed by atoms with E-state index in [2.05, 4.69) is 15.9 Å². The lowest BCUT2D eigenvalue weighted by molar-refractivity contribution is 0.103. The number of aryl methyl sites for hydroxylation is 2. The monoisotopic (exact) mass is 336 g/mol. The van der Waals surface area contributed by atoms with Gasteiger partial charge >= 0.3 is 0 Å². The molecule has 4 heteroatoms. The van der Waals surface area contributed by atoms with E-state index >= 15 is 0 Å². The molecule has 0 spiro atoms. The molecule has 0 saturated heterocycles. The molecule has 0 aliphatic carbocycles. The van der Waals surface area contributed by atoms with Gasteiger partial charge in [-0.1, -0.05) is 6.07 Å². The molecule has 0 bridgehead atoms. The van der Waals surface area contributed by atoms with Crippen molar-refractivity contribution in [2.24, 2.45) is 0 Å². The summed E-state index contributed by atoms with van der Waals surface area (Å²) < 4.78 is 18.9. The van der Waals surface area contributed by atoms with Gasteiger partial charge in [0.05, 0.1) is 12.7 Å². The van der Waals surface area contributed by atoms with Gasteiger partial charge in [0, 0.05) is 10.0 Å². The van der Waals surface area contributed by atoms with Crippen LogP contribution in [-0.4, -0.2) is 12.9 Å². The number of hydrogen-bond donors (Lipinski definition) is 0.